The van der Waals surface area contributed by atoms with Crippen molar-refractivity contribution in [1.82, 2.24) is 8.61 Å². The van der Waals surface area contributed by atoms with Crippen LogP contribution < -0.4 is 0 Å². The molecule has 0 amide bonds. The molecule has 116 valence electrons. The molecule has 0 aromatic rings. The number of piperidine rings is 1. The second-order valence-electron chi connectivity index (χ2n) is 5.53. The van der Waals surface area contributed by atoms with E-state index >= 15 is 0 Å². The zero-order valence-corrected chi connectivity index (χ0v) is 13.3. The molecule has 2 aliphatic heterocycles. The van der Waals surface area contributed by atoms with E-state index in [0.717, 1.165) is 18.6 Å². The van der Waals surface area contributed by atoms with E-state index in [2.05, 4.69) is 6.92 Å². The number of aliphatic carboxylic acids is 1. The van der Waals surface area contributed by atoms with E-state index in [1.807, 2.05) is 0 Å². The normalized spacial score (nSPS) is 27.6. The topological polar surface area (TPSA) is 77.9 Å². The molecule has 2 heterocycles. The zero-order valence-electron chi connectivity index (χ0n) is 11.7. The number of rotatable bonds is 4. The molecule has 6 nitrogen and oxygen atoms in total. The maximum absolute atomic E-state index is 12.7. The van der Waals surface area contributed by atoms with Crippen LogP contribution in [0.5, 0.6) is 0 Å². The number of thioether (sulfide) groups is 1. The molecule has 8 heteroatoms. The largest absolute Gasteiger partial charge is 0.481 e. The summed E-state index contributed by atoms with van der Waals surface area (Å²) in [6, 6.07) is -0.421. The lowest BCUT2D eigenvalue weighted by Crippen LogP contribution is -2.54. The van der Waals surface area contributed by atoms with E-state index in [1.54, 1.807) is 11.8 Å². The van der Waals surface area contributed by atoms with Gasteiger partial charge >= 0.3 is 5.97 Å². The van der Waals surface area contributed by atoms with Crippen LogP contribution in [0, 0.1) is 5.92 Å². The summed E-state index contributed by atoms with van der Waals surface area (Å²) >= 11 is 1.62. The molecule has 1 atom stereocenters. The van der Waals surface area contributed by atoms with Gasteiger partial charge in [0.1, 0.15) is 0 Å². The van der Waals surface area contributed by atoms with Crippen LogP contribution in [0.4, 0.5) is 0 Å². The second-order valence-corrected chi connectivity index (χ2v) is 8.56. The fourth-order valence-corrected chi connectivity index (χ4v) is 5.76. The monoisotopic (exact) mass is 322 g/mol. The molecule has 2 aliphatic rings. The van der Waals surface area contributed by atoms with Crippen molar-refractivity contribution in [2.75, 3.05) is 31.1 Å². The molecule has 20 heavy (non-hydrogen) atoms. The molecule has 2 fully saturated rings. The maximum atomic E-state index is 12.7. The van der Waals surface area contributed by atoms with Crippen molar-refractivity contribution in [3.8, 4) is 0 Å². The van der Waals surface area contributed by atoms with Crippen LogP contribution in [-0.2, 0) is 15.0 Å². The summed E-state index contributed by atoms with van der Waals surface area (Å²) in [5, 5.41) is 8.95. The number of carboxylic acids is 1. The first-order valence-electron chi connectivity index (χ1n) is 6.97. The minimum Gasteiger partial charge on any atom is -0.481 e. The Morgan fingerprint density at radius 2 is 1.95 bits per heavy atom. The lowest BCUT2D eigenvalue weighted by Gasteiger charge is -2.39. The summed E-state index contributed by atoms with van der Waals surface area (Å²) in [5.41, 5.74) is 0. The molecule has 2 saturated heterocycles. The average Bonchev–Trinajstić information content (AvgIpc) is 2.39. The lowest BCUT2D eigenvalue weighted by atomic mass is 10.0. The van der Waals surface area contributed by atoms with E-state index in [1.165, 1.54) is 8.61 Å². The molecule has 1 N–H and O–H groups in total. The SMILES string of the molecule is CC1CCN(S(=O)(=O)N2CCSCC2CC(=O)O)CC1. The first-order chi connectivity index (χ1) is 9.41. The van der Waals surface area contributed by atoms with Crippen molar-refractivity contribution in [3.05, 3.63) is 0 Å². The zero-order chi connectivity index (χ0) is 14.8. The van der Waals surface area contributed by atoms with Crippen molar-refractivity contribution in [3.63, 3.8) is 0 Å². The molecule has 2 rings (SSSR count). The quantitative estimate of drug-likeness (QED) is 0.830. The summed E-state index contributed by atoms with van der Waals surface area (Å²) in [4.78, 5) is 10.9. The number of carboxylic acid groups (broad SMARTS) is 1. The smallest absolute Gasteiger partial charge is 0.305 e. The fourth-order valence-electron chi connectivity index (χ4n) is 2.67. The van der Waals surface area contributed by atoms with Gasteiger partial charge in [0.15, 0.2) is 0 Å². The number of carbonyl (C=O) groups is 1. The van der Waals surface area contributed by atoms with E-state index in [-0.39, 0.29) is 6.42 Å². The van der Waals surface area contributed by atoms with Gasteiger partial charge < -0.3 is 5.11 Å². The maximum Gasteiger partial charge on any atom is 0.305 e. The minimum absolute atomic E-state index is 0.115. The summed E-state index contributed by atoms with van der Waals surface area (Å²) in [6.45, 7) is 3.64. The molecule has 0 aromatic heterocycles. The lowest BCUT2D eigenvalue weighted by molar-refractivity contribution is -0.137. The Hall–Kier alpha value is -0.310. The highest BCUT2D eigenvalue weighted by Crippen LogP contribution is 2.27. The van der Waals surface area contributed by atoms with Crippen LogP contribution in [-0.4, -0.2) is 65.3 Å². The molecule has 0 saturated carbocycles. The molecule has 0 bridgehead atoms. The summed E-state index contributed by atoms with van der Waals surface area (Å²) in [5.74, 6) is 0.924. The Morgan fingerprint density at radius 1 is 1.30 bits per heavy atom. The predicted molar refractivity (Wildman–Crippen MR) is 79.0 cm³/mol. The molecular formula is C12H22N2O4S2. The van der Waals surface area contributed by atoms with Gasteiger partial charge in [-0.15, -0.1) is 0 Å². The van der Waals surface area contributed by atoms with Crippen LogP contribution in [0.1, 0.15) is 26.2 Å². The van der Waals surface area contributed by atoms with Crippen molar-refractivity contribution in [2.24, 2.45) is 5.92 Å². The van der Waals surface area contributed by atoms with Gasteiger partial charge in [-0.3, -0.25) is 4.79 Å². The number of nitrogens with zero attached hydrogens (tertiary/aromatic N) is 2. The predicted octanol–water partition coefficient (Wildman–Crippen LogP) is 0.855. The van der Waals surface area contributed by atoms with Crippen LogP contribution >= 0.6 is 11.8 Å². The third-order valence-corrected chi connectivity index (χ3v) is 7.13. The molecule has 0 aromatic carbocycles. The Bertz CT molecular complexity index is 446. The summed E-state index contributed by atoms with van der Waals surface area (Å²) in [6.07, 6.45) is 1.65. The van der Waals surface area contributed by atoms with Gasteiger partial charge in [0, 0.05) is 37.2 Å². The van der Waals surface area contributed by atoms with E-state index in [4.69, 9.17) is 5.11 Å². The van der Waals surface area contributed by atoms with Crippen molar-refractivity contribution < 1.29 is 18.3 Å². The van der Waals surface area contributed by atoms with E-state index in [9.17, 15) is 13.2 Å². The van der Waals surface area contributed by atoms with Gasteiger partial charge in [0.05, 0.1) is 6.42 Å². The Morgan fingerprint density at radius 3 is 2.55 bits per heavy atom. The van der Waals surface area contributed by atoms with Crippen LogP contribution in [0.15, 0.2) is 0 Å². The van der Waals surface area contributed by atoms with Gasteiger partial charge in [0.25, 0.3) is 10.2 Å². The van der Waals surface area contributed by atoms with Crippen LogP contribution in [0.3, 0.4) is 0 Å². The Kier molecular flexibility index (Phi) is 5.33. The first kappa shape index (κ1) is 16.1. The number of hydrogen-bond acceptors (Lipinski definition) is 4. The standard InChI is InChI=1S/C12H22N2O4S2/c1-10-2-4-13(5-3-10)20(17,18)14-6-7-19-9-11(14)8-12(15)16/h10-11H,2-9H2,1H3,(H,15,16). The highest BCUT2D eigenvalue weighted by Gasteiger charge is 2.38. The molecule has 1 unspecified atom stereocenters. The molecule has 0 aliphatic carbocycles. The Balaban J connectivity index is 2.11. The fraction of sp³-hybridized carbons (Fsp3) is 0.917. The van der Waals surface area contributed by atoms with Crippen molar-refractivity contribution in [2.45, 2.75) is 32.2 Å². The summed E-state index contributed by atoms with van der Waals surface area (Å²) in [7, 11) is -3.51. The number of hydrogen-bond donors (Lipinski definition) is 1. The van der Waals surface area contributed by atoms with Crippen LogP contribution in [0.2, 0.25) is 0 Å². The highest BCUT2D eigenvalue weighted by molar-refractivity contribution is 7.99. The second kappa shape index (κ2) is 6.64. The third kappa shape index (κ3) is 3.66. The van der Waals surface area contributed by atoms with Gasteiger partial charge in [-0.05, 0) is 18.8 Å². The van der Waals surface area contributed by atoms with Crippen molar-refractivity contribution >= 4 is 27.9 Å². The minimum atomic E-state index is -3.51. The summed E-state index contributed by atoms with van der Waals surface area (Å²) < 4.78 is 28.3. The van der Waals surface area contributed by atoms with E-state index in [0.29, 0.717) is 31.3 Å². The molecular weight excluding hydrogens is 300 g/mol. The Labute approximate surface area is 124 Å². The van der Waals surface area contributed by atoms with E-state index < -0.39 is 22.2 Å². The van der Waals surface area contributed by atoms with Gasteiger partial charge in [-0.25, -0.2) is 0 Å². The van der Waals surface area contributed by atoms with Crippen LogP contribution in [0.25, 0.3) is 0 Å². The first-order valence-corrected chi connectivity index (χ1v) is 9.53. The third-order valence-electron chi connectivity index (χ3n) is 3.95. The molecule has 0 spiro atoms. The van der Waals surface area contributed by atoms with Gasteiger partial charge in [0.2, 0.25) is 0 Å². The van der Waals surface area contributed by atoms with Crippen molar-refractivity contribution in [1.29, 1.82) is 0 Å². The van der Waals surface area contributed by atoms with Gasteiger partial charge in [-0.2, -0.15) is 28.8 Å². The average molecular weight is 322 g/mol. The highest BCUT2D eigenvalue weighted by atomic mass is 32.2. The van der Waals surface area contributed by atoms with Gasteiger partial charge in [-0.1, -0.05) is 6.92 Å². The molecule has 0 radical (unpaired) electrons.